The minimum Gasteiger partial charge on any atom is -0.354 e. The number of rotatable bonds is 4. The van der Waals surface area contributed by atoms with Gasteiger partial charge in [-0.1, -0.05) is 42.5 Å². The number of piperidine rings is 1. The first kappa shape index (κ1) is 17.5. The van der Waals surface area contributed by atoms with Gasteiger partial charge in [-0.15, -0.1) is 0 Å². The van der Waals surface area contributed by atoms with Gasteiger partial charge in [0.25, 0.3) is 0 Å². The first-order chi connectivity index (χ1) is 12.7. The molecule has 4 rings (SSSR count). The largest absolute Gasteiger partial charge is 0.354 e. The molecule has 2 N–H and O–H groups in total. The van der Waals surface area contributed by atoms with E-state index in [1.54, 1.807) is 0 Å². The van der Waals surface area contributed by atoms with E-state index in [1.165, 1.54) is 29.2 Å². The summed E-state index contributed by atoms with van der Waals surface area (Å²) in [6.45, 7) is 3.92. The van der Waals surface area contributed by atoms with E-state index in [1.807, 2.05) is 0 Å². The van der Waals surface area contributed by atoms with Crippen LogP contribution in [-0.4, -0.2) is 50.1 Å². The number of fused-ring (bicyclic) bond motifs is 1. The van der Waals surface area contributed by atoms with Crippen LogP contribution in [-0.2, 0) is 11.2 Å². The molecule has 2 fully saturated rings. The predicted octanol–water partition coefficient (Wildman–Crippen LogP) is 2.57. The van der Waals surface area contributed by atoms with Gasteiger partial charge in [-0.25, -0.2) is 0 Å². The molecule has 2 aliphatic rings. The minimum absolute atomic E-state index is 0.0283. The zero-order valence-electron chi connectivity index (χ0n) is 15.6. The van der Waals surface area contributed by atoms with Gasteiger partial charge in [-0.2, -0.15) is 0 Å². The van der Waals surface area contributed by atoms with Crippen molar-refractivity contribution in [3.05, 3.63) is 48.0 Å². The molecule has 0 saturated carbocycles. The lowest BCUT2D eigenvalue weighted by atomic mass is 9.77. The molecule has 4 nitrogen and oxygen atoms in total. The summed E-state index contributed by atoms with van der Waals surface area (Å²) in [5.74, 6) is 0.197. The lowest BCUT2D eigenvalue weighted by Gasteiger charge is -2.33. The lowest BCUT2D eigenvalue weighted by molar-refractivity contribution is -0.125. The number of likely N-dealkylation sites (N-methyl/N-ethyl adjacent to an activating group) is 1. The third kappa shape index (κ3) is 3.49. The molecule has 1 atom stereocenters. The van der Waals surface area contributed by atoms with Gasteiger partial charge in [0.1, 0.15) is 0 Å². The van der Waals surface area contributed by atoms with Crippen molar-refractivity contribution >= 4 is 16.7 Å². The van der Waals surface area contributed by atoms with Crippen LogP contribution < -0.4 is 10.6 Å². The highest BCUT2D eigenvalue weighted by Crippen LogP contribution is 2.41. The van der Waals surface area contributed by atoms with Crippen molar-refractivity contribution in [3.63, 3.8) is 0 Å². The van der Waals surface area contributed by atoms with Crippen LogP contribution >= 0.6 is 0 Å². The molecule has 0 aromatic heterocycles. The highest BCUT2D eigenvalue weighted by atomic mass is 16.2. The van der Waals surface area contributed by atoms with Crippen LogP contribution in [0.4, 0.5) is 0 Å². The first-order valence-electron chi connectivity index (χ1n) is 9.82. The number of hydrogen-bond acceptors (Lipinski definition) is 3. The van der Waals surface area contributed by atoms with Crippen molar-refractivity contribution in [1.82, 2.24) is 15.5 Å². The molecule has 2 aromatic rings. The molecule has 0 radical (unpaired) electrons. The number of carbonyl (C=O) groups excluding carboxylic acids is 1. The van der Waals surface area contributed by atoms with Crippen LogP contribution in [0.1, 0.15) is 24.8 Å². The molecule has 2 aliphatic heterocycles. The van der Waals surface area contributed by atoms with E-state index in [2.05, 4.69) is 65.0 Å². The van der Waals surface area contributed by atoms with Crippen LogP contribution in [0.5, 0.6) is 0 Å². The van der Waals surface area contributed by atoms with Crippen molar-refractivity contribution in [2.45, 2.75) is 31.7 Å². The van der Waals surface area contributed by atoms with E-state index in [4.69, 9.17) is 0 Å². The van der Waals surface area contributed by atoms with Gasteiger partial charge in [0.15, 0.2) is 0 Å². The topological polar surface area (TPSA) is 44.4 Å². The summed E-state index contributed by atoms with van der Waals surface area (Å²) in [5, 5.41) is 9.19. The van der Waals surface area contributed by atoms with Crippen molar-refractivity contribution in [3.8, 4) is 0 Å². The van der Waals surface area contributed by atoms with Crippen molar-refractivity contribution in [1.29, 1.82) is 0 Å². The molecule has 2 saturated heterocycles. The van der Waals surface area contributed by atoms with Crippen LogP contribution in [0.3, 0.4) is 0 Å². The summed E-state index contributed by atoms with van der Waals surface area (Å²) in [7, 11) is 2.10. The Bertz CT molecular complexity index is 777. The summed E-state index contributed by atoms with van der Waals surface area (Å²) in [4.78, 5) is 15.0. The number of likely N-dealkylation sites (tertiary alicyclic amines) is 1. The van der Waals surface area contributed by atoms with Gasteiger partial charge >= 0.3 is 0 Å². The number of nitrogens with one attached hydrogen (secondary N) is 2. The lowest BCUT2D eigenvalue weighted by Crippen LogP contribution is -2.42. The SMILES string of the molecule is CN1CC2(CCNCC2)CC1C(=O)NCCc1cccc2ccccc12. The number of hydrogen-bond donors (Lipinski definition) is 2. The fourth-order valence-corrected chi connectivity index (χ4v) is 4.83. The van der Waals surface area contributed by atoms with E-state index in [0.717, 1.165) is 32.5 Å². The van der Waals surface area contributed by atoms with Crippen molar-refractivity contribution in [2.24, 2.45) is 5.41 Å². The van der Waals surface area contributed by atoms with Gasteiger partial charge < -0.3 is 10.6 Å². The van der Waals surface area contributed by atoms with E-state index in [-0.39, 0.29) is 11.9 Å². The number of nitrogens with zero attached hydrogens (tertiary/aromatic N) is 1. The second kappa shape index (κ2) is 7.37. The van der Waals surface area contributed by atoms with Gasteiger partial charge in [-0.3, -0.25) is 9.69 Å². The van der Waals surface area contributed by atoms with Gasteiger partial charge in [0.2, 0.25) is 5.91 Å². The Balaban J connectivity index is 1.35. The number of carbonyl (C=O) groups is 1. The molecular formula is C22H29N3O. The van der Waals surface area contributed by atoms with Crippen LogP contribution in [0.25, 0.3) is 10.8 Å². The standard InChI is InChI=1S/C22H29N3O/c1-25-16-22(10-13-23-14-11-22)15-20(25)21(26)24-12-9-18-7-4-6-17-5-2-3-8-19(17)18/h2-8,20,23H,9-16H2,1H3,(H,24,26). The summed E-state index contributed by atoms with van der Waals surface area (Å²) >= 11 is 0. The molecule has 2 aromatic carbocycles. The fourth-order valence-electron chi connectivity index (χ4n) is 4.83. The van der Waals surface area contributed by atoms with E-state index >= 15 is 0 Å². The van der Waals surface area contributed by atoms with Crippen LogP contribution in [0.2, 0.25) is 0 Å². The summed E-state index contributed by atoms with van der Waals surface area (Å²) in [6, 6.07) is 14.9. The van der Waals surface area contributed by atoms with Crippen molar-refractivity contribution < 1.29 is 4.79 Å². The molecule has 1 unspecified atom stereocenters. The van der Waals surface area contributed by atoms with Crippen molar-refractivity contribution in [2.75, 3.05) is 33.2 Å². The predicted molar refractivity (Wildman–Crippen MR) is 106 cm³/mol. The molecule has 0 aliphatic carbocycles. The average molecular weight is 351 g/mol. The number of amides is 1. The minimum atomic E-state index is 0.0283. The van der Waals surface area contributed by atoms with Crippen LogP contribution in [0, 0.1) is 5.41 Å². The number of benzene rings is 2. The van der Waals surface area contributed by atoms with E-state index in [9.17, 15) is 4.79 Å². The zero-order chi connectivity index (χ0) is 18.0. The molecular weight excluding hydrogens is 322 g/mol. The molecule has 4 heteroatoms. The zero-order valence-corrected chi connectivity index (χ0v) is 15.6. The second-order valence-corrected chi connectivity index (χ2v) is 8.06. The Hall–Kier alpha value is -1.91. The van der Waals surface area contributed by atoms with Gasteiger partial charge in [0.05, 0.1) is 6.04 Å². The molecule has 138 valence electrons. The van der Waals surface area contributed by atoms with Gasteiger partial charge in [0, 0.05) is 13.1 Å². The van der Waals surface area contributed by atoms with E-state index < -0.39 is 0 Å². The third-order valence-electron chi connectivity index (χ3n) is 6.28. The monoisotopic (exact) mass is 351 g/mol. The average Bonchev–Trinajstić information content (AvgIpc) is 2.98. The van der Waals surface area contributed by atoms with E-state index in [0.29, 0.717) is 12.0 Å². The summed E-state index contributed by atoms with van der Waals surface area (Å²) < 4.78 is 0. The molecule has 0 bridgehead atoms. The highest BCUT2D eigenvalue weighted by Gasteiger charge is 2.45. The summed E-state index contributed by atoms with van der Waals surface area (Å²) in [5.41, 5.74) is 1.65. The second-order valence-electron chi connectivity index (χ2n) is 8.06. The third-order valence-corrected chi connectivity index (χ3v) is 6.28. The maximum atomic E-state index is 12.8. The summed E-state index contributed by atoms with van der Waals surface area (Å²) in [6.07, 6.45) is 4.26. The molecule has 2 heterocycles. The highest BCUT2D eigenvalue weighted by molar-refractivity contribution is 5.86. The Morgan fingerprint density at radius 3 is 2.81 bits per heavy atom. The first-order valence-corrected chi connectivity index (χ1v) is 9.82. The van der Waals surface area contributed by atoms with Gasteiger partial charge in [-0.05, 0) is 67.6 Å². The smallest absolute Gasteiger partial charge is 0.237 e. The Morgan fingerprint density at radius 1 is 1.19 bits per heavy atom. The normalized spacial score (nSPS) is 22.7. The maximum Gasteiger partial charge on any atom is 0.237 e. The Kier molecular flexibility index (Phi) is 4.96. The maximum absolute atomic E-state index is 12.8. The molecule has 1 amide bonds. The Morgan fingerprint density at radius 2 is 1.96 bits per heavy atom. The van der Waals surface area contributed by atoms with Crippen LogP contribution in [0.15, 0.2) is 42.5 Å². The quantitative estimate of drug-likeness (QED) is 0.890. The fraction of sp³-hybridized carbons (Fsp3) is 0.500. The molecule has 26 heavy (non-hydrogen) atoms. The Labute approximate surface area is 156 Å². The molecule has 1 spiro atoms.